The van der Waals surface area contributed by atoms with Gasteiger partial charge in [0.05, 0.1) is 39.2 Å². The molecule has 0 N–H and O–H groups in total. The van der Waals surface area contributed by atoms with Crippen LogP contribution in [0.15, 0.2) is 30.3 Å². The Morgan fingerprint density at radius 1 is 0.833 bits per heavy atom. The minimum atomic E-state index is -0.276. The van der Waals surface area contributed by atoms with E-state index in [0.717, 1.165) is 0 Å². The number of carbonyl (C=O) groups is 1. The Kier molecular flexibility index (Phi) is 11.1. The quantitative estimate of drug-likeness (QED) is 0.332. The molecule has 2 rings (SSSR count). The zero-order valence-electron chi connectivity index (χ0n) is 18.5. The molecular formula is C22H27Cl2LiO4P. The second kappa shape index (κ2) is 12.2. The van der Waals surface area contributed by atoms with Crippen LogP contribution in [-0.2, 0) is 0 Å². The van der Waals surface area contributed by atoms with Gasteiger partial charge in [-0.25, -0.2) is 0 Å². The van der Waals surface area contributed by atoms with Crippen LogP contribution in [0.4, 0.5) is 0 Å². The van der Waals surface area contributed by atoms with Crippen LogP contribution >= 0.6 is 31.8 Å². The van der Waals surface area contributed by atoms with Crippen molar-refractivity contribution in [3.05, 3.63) is 45.9 Å². The van der Waals surface area contributed by atoms with Crippen molar-refractivity contribution in [1.82, 2.24) is 0 Å². The zero-order chi connectivity index (χ0) is 21.7. The first kappa shape index (κ1) is 27.2. The number of rotatable bonds is 9. The van der Waals surface area contributed by atoms with Crippen LogP contribution in [0.5, 0.6) is 17.2 Å². The maximum Gasteiger partial charge on any atom is 0.188 e. The van der Waals surface area contributed by atoms with Crippen LogP contribution < -0.4 is 19.5 Å². The Morgan fingerprint density at radius 3 is 1.67 bits per heavy atom. The topological polar surface area (TPSA) is 44.8 Å². The van der Waals surface area contributed by atoms with Gasteiger partial charge in [0, 0.05) is 31.0 Å². The van der Waals surface area contributed by atoms with Gasteiger partial charge in [0.25, 0.3) is 0 Å². The summed E-state index contributed by atoms with van der Waals surface area (Å²) in [5.41, 5.74) is 0.128. The summed E-state index contributed by atoms with van der Waals surface area (Å²) in [6, 6.07) is 8.63. The predicted molar refractivity (Wildman–Crippen MR) is 128 cm³/mol. The van der Waals surface area contributed by atoms with Crippen molar-refractivity contribution in [1.29, 1.82) is 0 Å². The summed E-state index contributed by atoms with van der Waals surface area (Å²) in [5.74, 6) is 1.75. The minimum absolute atomic E-state index is 0. The molecule has 0 aliphatic heterocycles. The molecule has 0 saturated heterocycles. The molecule has 159 valence electrons. The smallest absolute Gasteiger partial charge is 0.188 e. The fourth-order valence-corrected chi connectivity index (χ4v) is 4.47. The van der Waals surface area contributed by atoms with Crippen molar-refractivity contribution in [2.75, 3.05) is 0 Å². The largest absolute Gasteiger partial charge is 0.491 e. The second-order valence-corrected chi connectivity index (χ2v) is 9.36. The molecule has 2 aromatic rings. The van der Waals surface area contributed by atoms with Crippen LogP contribution in [0.2, 0.25) is 10.0 Å². The number of ether oxygens (including phenoxy) is 3. The zero-order valence-corrected chi connectivity index (χ0v) is 21.0. The van der Waals surface area contributed by atoms with Crippen molar-refractivity contribution in [2.24, 2.45) is 0 Å². The Hall–Kier alpha value is -0.883. The van der Waals surface area contributed by atoms with Crippen molar-refractivity contribution < 1.29 is 19.0 Å². The number of hydrogen-bond acceptors (Lipinski definition) is 4. The molecule has 0 aromatic heterocycles. The molecule has 4 nitrogen and oxygen atoms in total. The van der Waals surface area contributed by atoms with Crippen LogP contribution in [0.25, 0.3) is 0 Å². The Bertz CT molecular complexity index is 821. The number of hydrogen-bond donors (Lipinski definition) is 0. The third-order valence-electron chi connectivity index (χ3n) is 3.56. The number of carbonyl (C=O) groups excluding carboxylic acids is 1. The van der Waals surface area contributed by atoms with Gasteiger partial charge in [-0.1, -0.05) is 29.3 Å². The van der Waals surface area contributed by atoms with Gasteiger partial charge in [-0.15, -0.1) is 0 Å². The third kappa shape index (κ3) is 7.67. The fraction of sp³-hybridized carbons (Fsp3) is 0.409. The van der Waals surface area contributed by atoms with Crippen molar-refractivity contribution in [3.63, 3.8) is 0 Å². The molecule has 0 saturated carbocycles. The van der Waals surface area contributed by atoms with E-state index in [4.69, 9.17) is 37.4 Å². The van der Waals surface area contributed by atoms with E-state index in [-0.39, 0.29) is 51.3 Å². The second-order valence-electron chi connectivity index (χ2n) is 7.35. The Morgan fingerprint density at radius 2 is 1.27 bits per heavy atom. The van der Waals surface area contributed by atoms with Crippen molar-refractivity contribution >= 4 is 61.5 Å². The molecule has 0 aliphatic carbocycles. The molecular weight excluding hydrogens is 437 g/mol. The standard InChI is InChI=1S/C22H27Cl2O4P.Li/c1-12(2)26-15-10-18(27-13(3)4)21(19(11-15)28-14(5)6)29-22(25)20-16(23)8-7-9-17(20)24;/h7-14,29H,1-6H3;. The van der Waals surface area contributed by atoms with E-state index in [1.165, 1.54) is 0 Å². The molecule has 0 amide bonds. The third-order valence-corrected chi connectivity index (χ3v) is 5.41. The summed E-state index contributed by atoms with van der Waals surface area (Å²) < 4.78 is 17.9. The first-order valence-corrected chi connectivity index (χ1v) is 11.3. The van der Waals surface area contributed by atoms with E-state index in [1.807, 2.05) is 41.5 Å². The van der Waals surface area contributed by atoms with Gasteiger partial charge in [-0.3, -0.25) is 4.79 Å². The molecule has 1 unspecified atom stereocenters. The van der Waals surface area contributed by atoms with E-state index in [1.54, 1.807) is 30.3 Å². The normalized spacial score (nSPS) is 11.3. The summed E-state index contributed by atoms with van der Waals surface area (Å²) in [6.45, 7) is 11.6. The summed E-state index contributed by atoms with van der Waals surface area (Å²) >= 11 is 12.5. The van der Waals surface area contributed by atoms with E-state index in [9.17, 15) is 4.79 Å². The van der Waals surface area contributed by atoms with Gasteiger partial charge in [0.2, 0.25) is 0 Å². The van der Waals surface area contributed by atoms with Crippen LogP contribution in [-0.4, -0.2) is 42.7 Å². The van der Waals surface area contributed by atoms with Gasteiger partial charge >= 0.3 is 0 Å². The maximum atomic E-state index is 13.1. The average Bonchev–Trinajstić information content (AvgIpc) is 2.56. The van der Waals surface area contributed by atoms with E-state index < -0.39 is 0 Å². The van der Waals surface area contributed by atoms with Gasteiger partial charge in [-0.2, -0.15) is 0 Å². The van der Waals surface area contributed by atoms with Crippen molar-refractivity contribution in [3.8, 4) is 17.2 Å². The molecule has 0 bridgehead atoms. The summed E-state index contributed by atoms with van der Waals surface area (Å²) in [5, 5.41) is 1.32. The summed E-state index contributed by atoms with van der Waals surface area (Å²) in [4.78, 5) is 13.1. The number of benzene rings is 2. The van der Waals surface area contributed by atoms with Gasteiger partial charge in [0.1, 0.15) is 17.2 Å². The van der Waals surface area contributed by atoms with Gasteiger partial charge in [-0.05, 0) is 62.3 Å². The van der Waals surface area contributed by atoms with Crippen LogP contribution in [0.3, 0.4) is 0 Å². The van der Waals surface area contributed by atoms with E-state index in [0.29, 0.717) is 38.2 Å². The fourth-order valence-electron chi connectivity index (χ4n) is 2.61. The van der Waals surface area contributed by atoms with Crippen molar-refractivity contribution in [2.45, 2.75) is 59.9 Å². The molecule has 0 spiro atoms. The summed E-state index contributed by atoms with van der Waals surface area (Å²) in [7, 11) is -0.276. The predicted octanol–water partition coefficient (Wildman–Crippen LogP) is 6.12. The molecule has 8 heteroatoms. The SMILES string of the molecule is CC(C)Oc1cc(OC(C)C)c(PC(=O)c2c(Cl)cccc2Cl)c(OC(C)C)c1.[Li]. The molecule has 30 heavy (non-hydrogen) atoms. The maximum absolute atomic E-state index is 13.1. The molecule has 2 aromatic carbocycles. The van der Waals surface area contributed by atoms with Crippen LogP contribution in [0, 0.1) is 0 Å². The summed E-state index contributed by atoms with van der Waals surface area (Å²) in [6.07, 6.45) is -0.178. The first-order chi connectivity index (χ1) is 13.6. The van der Waals surface area contributed by atoms with E-state index in [2.05, 4.69) is 0 Å². The molecule has 1 radical (unpaired) electrons. The van der Waals surface area contributed by atoms with E-state index >= 15 is 0 Å². The Labute approximate surface area is 202 Å². The minimum Gasteiger partial charge on any atom is -0.491 e. The van der Waals surface area contributed by atoms with Gasteiger partial charge in [0.15, 0.2) is 5.52 Å². The van der Waals surface area contributed by atoms with Gasteiger partial charge < -0.3 is 14.2 Å². The average molecular weight is 464 g/mol. The Balaban J connectivity index is 0.00000450. The monoisotopic (exact) mass is 463 g/mol. The molecule has 0 fully saturated rings. The molecule has 1 atom stereocenters. The molecule has 0 aliphatic rings. The van der Waals surface area contributed by atoms with Crippen LogP contribution in [0.1, 0.15) is 51.9 Å². The number of halogens is 2. The molecule has 0 heterocycles. The first-order valence-electron chi connectivity index (χ1n) is 9.51.